The van der Waals surface area contributed by atoms with Gasteiger partial charge >= 0.3 is 5.97 Å². The van der Waals surface area contributed by atoms with Crippen LogP contribution in [0.4, 0.5) is 0 Å². The molecule has 8 atom stereocenters. The van der Waals surface area contributed by atoms with E-state index in [9.17, 15) is 15.0 Å². The van der Waals surface area contributed by atoms with E-state index in [4.69, 9.17) is 4.74 Å². The van der Waals surface area contributed by atoms with Crippen molar-refractivity contribution in [3.63, 3.8) is 0 Å². The maximum Gasteiger partial charge on any atom is 0.302 e. The summed E-state index contributed by atoms with van der Waals surface area (Å²) in [5.74, 6) is 1.39. The van der Waals surface area contributed by atoms with Crippen molar-refractivity contribution in [2.45, 2.75) is 65.1 Å². The minimum atomic E-state index is -0.243. The van der Waals surface area contributed by atoms with Crippen molar-refractivity contribution in [1.82, 2.24) is 0 Å². The third kappa shape index (κ3) is 2.40. The molecular weight excluding hydrogens is 316 g/mol. The van der Waals surface area contributed by atoms with Crippen LogP contribution < -0.4 is 0 Å². The molecule has 4 aliphatic carbocycles. The van der Waals surface area contributed by atoms with Crippen LogP contribution in [0.2, 0.25) is 0 Å². The maximum absolute atomic E-state index is 11.8. The zero-order chi connectivity index (χ0) is 18.0. The van der Waals surface area contributed by atoms with E-state index in [1.807, 2.05) is 12.2 Å². The Labute approximate surface area is 149 Å². The number of carbonyl (C=O) groups excluding carboxylic acids is 1. The molecule has 4 aliphatic rings. The Bertz CT molecular complexity index is 638. The van der Waals surface area contributed by atoms with E-state index in [-0.39, 0.29) is 34.9 Å². The van der Waals surface area contributed by atoms with Crippen molar-refractivity contribution in [2.75, 3.05) is 0 Å². The summed E-state index contributed by atoms with van der Waals surface area (Å²) in [5, 5.41) is 20.6. The number of fused-ring (bicyclic) bond motifs is 5. The molecule has 25 heavy (non-hydrogen) atoms. The predicted molar refractivity (Wildman–Crippen MR) is 94.7 cm³/mol. The molecule has 138 valence electrons. The summed E-state index contributed by atoms with van der Waals surface area (Å²) in [4.78, 5) is 11.8. The molecule has 2 N–H and O–H groups in total. The monoisotopic (exact) mass is 346 g/mol. The number of ether oxygens (including phenoxy) is 1. The molecule has 0 aliphatic heterocycles. The number of aliphatic hydroxyl groups excluding tert-OH is 2. The van der Waals surface area contributed by atoms with Gasteiger partial charge in [-0.3, -0.25) is 4.79 Å². The molecule has 0 spiro atoms. The SMILES string of the molecule is CC(=O)OC1CC2C=C(O)C=C[C@]2(C)[C@@H]2CC[C@]3(C)C(O)CC[C@H]3[C@H]12. The van der Waals surface area contributed by atoms with Crippen LogP contribution in [0.1, 0.15) is 52.9 Å². The van der Waals surface area contributed by atoms with Gasteiger partial charge in [-0.25, -0.2) is 0 Å². The van der Waals surface area contributed by atoms with Crippen molar-refractivity contribution < 1.29 is 19.7 Å². The van der Waals surface area contributed by atoms with Gasteiger partial charge in [0.1, 0.15) is 11.9 Å². The Balaban J connectivity index is 1.75. The molecule has 0 radical (unpaired) electrons. The third-order valence-electron chi connectivity index (χ3n) is 8.10. The third-order valence-corrected chi connectivity index (χ3v) is 8.10. The van der Waals surface area contributed by atoms with Gasteiger partial charge < -0.3 is 14.9 Å². The Morgan fingerprint density at radius 3 is 2.72 bits per heavy atom. The van der Waals surface area contributed by atoms with Crippen molar-refractivity contribution in [3.8, 4) is 0 Å². The zero-order valence-corrected chi connectivity index (χ0v) is 15.4. The minimum absolute atomic E-state index is 0.0115. The van der Waals surface area contributed by atoms with E-state index in [0.29, 0.717) is 23.5 Å². The average molecular weight is 346 g/mol. The largest absolute Gasteiger partial charge is 0.508 e. The van der Waals surface area contributed by atoms with Gasteiger partial charge in [0.05, 0.1) is 6.10 Å². The number of hydrogen-bond acceptors (Lipinski definition) is 4. The number of carbonyl (C=O) groups is 1. The normalized spacial score (nSPS) is 51.1. The first kappa shape index (κ1) is 17.1. The highest BCUT2D eigenvalue weighted by Crippen LogP contribution is 2.65. The highest BCUT2D eigenvalue weighted by Gasteiger charge is 2.62. The van der Waals surface area contributed by atoms with E-state index in [0.717, 1.165) is 32.1 Å². The quantitative estimate of drug-likeness (QED) is 0.710. The summed E-state index contributed by atoms with van der Waals surface area (Å²) in [6, 6.07) is 0. The lowest BCUT2D eigenvalue weighted by molar-refractivity contribution is -0.175. The molecule has 0 aromatic heterocycles. The molecule has 0 aromatic carbocycles. The highest BCUT2D eigenvalue weighted by molar-refractivity contribution is 5.66. The first-order valence-electron chi connectivity index (χ1n) is 9.71. The molecule has 4 nitrogen and oxygen atoms in total. The average Bonchev–Trinajstić information content (AvgIpc) is 2.84. The molecule has 4 rings (SSSR count). The van der Waals surface area contributed by atoms with E-state index < -0.39 is 0 Å². The molecule has 0 bridgehead atoms. The summed E-state index contributed by atoms with van der Waals surface area (Å²) >= 11 is 0. The fraction of sp³-hybridized carbons (Fsp3) is 0.762. The van der Waals surface area contributed by atoms with Crippen molar-refractivity contribution in [3.05, 3.63) is 24.0 Å². The summed E-state index contributed by atoms with van der Waals surface area (Å²) in [5.41, 5.74) is -0.0679. The fourth-order valence-corrected chi connectivity index (χ4v) is 6.71. The zero-order valence-electron chi connectivity index (χ0n) is 15.4. The smallest absolute Gasteiger partial charge is 0.302 e. The van der Waals surface area contributed by atoms with Gasteiger partial charge in [-0.1, -0.05) is 19.9 Å². The van der Waals surface area contributed by atoms with Crippen LogP contribution in [-0.4, -0.2) is 28.4 Å². The molecule has 3 unspecified atom stereocenters. The topological polar surface area (TPSA) is 66.8 Å². The second kappa shape index (κ2) is 5.60. The van der Waals surface area contributed by atoms with Gasteiger partial charge in [0, 0.05) is 12.8 Å². The number of rotatable bonds is 1. The molecule has 0 amide bonds. The van der Waals surface area contributed by atoms with Crippen LogP contribution in [-0.2, 0) is 9.53 Å². The van der Waals surface area contributed by atoms with Crippen LogP contribution in [0, 0.1) is 34.5 Å². The number of hydrogen-bond donors (Lipinski definition) is 2. The van der Waals surface area contributed by atoms with Crippen LogP contribution in [0.25, 0.3) is 0 Å². The van der Waals surface area contributed by atoms with Crippen LogP contribution >= 0.6 is 0 Å². The van der Waals surface area contributed by atoms with E-state index in [1.165, 1.54) is 6.92 Å². The second-order valence-electron chi connectivity index (χ2n) is 9.21. The Morgan fingerprint density at radius 2 is 2.00 bits per heavy atom. The number of esters is 1. The standard InChI is InChI=1S/C21H30O4/c1-12(22)25-17-11-13-10-14(23)6-8-20(13,2)16-7-9-21(3)15(19(16)17)4-5-18(21)24/h6,8,10,13,15-19,23-24H,4-5,7,9,11H2,1-3H3/t13?,15-,16+,17?,18?,19-,20-,21-/m0/s1. The van der Waals surface area contributed by atoms with E-state index in [2.05, 4.69) is 19.9 Å². The van der Waals surface area contributed by atoms with Gasteiger partial charge in [0.25, 0.3) is 0 Å². The molecule has 4 heteroatoms. The molecule has 3 saturated carbocycles. The maximum atomic E-state index is 11.8. The predicted octanol–water partition coefficient (Wildman–Crippen LogP) is 3.76. The first-order chi connectivity index (χ1) is 11.8. The summed E-state index contributed by atoms with van der Waals surface area (Å²) in [6.07, 6.45) is 10.3. The molecule has 0 aromatic rings. The Hall–Kier alpha value is -1.29. The summed E-state index contributed by atoms with van der Waals surface area (Å²) in [7, 11) is 0. The first-order valence-corrected chi connectivity index (χ1v) is 9.71. The van der Waals surface area contributed by atoms with Crippen LogP contribution in [0.15, 0.2) is 24.0 Å². The minimum Gasteiger partial charge on any atom is -0.508 e. The fourth-order valence-electron chi connectivity index (χ4n) is 6.71. The van der Waals surface area contributed by atoms with Gasteiger partial charge in [0.15, 0.2) is 0 Å². The Kier molecular flexibility index (Phi) is 3.84. The summed E-state index contributed by atoms with van der Waals surface area (Å²) < 4.78 is 5.82. The second-order valence-corrected chi connectivity index (χ2v) is 9.21. The van der Waals surface area contributed by atoms with Gasteiger partial charge in [0.2, 0.25) is 0 Å². The lowest BCUT2D eigenvalue weighted by Gasteiger charge is -2.59. The van der Waals surface area contributed by atoms with Crippen molar-refractivity contribution >= 4 is 5.97 Å². The summed E-state index contributed by atoms with van der Waals surface area (Å²) in [6.45, 7) is 6.02. The highest BCUT2D eigenvalue weighted by atomic mass is 16.5. The van der Waals surface area contributed by atoms with Crippen LogP contribution in [0.3, 0.4) is 0 Å². The Morgan fingerprint density at radius 1 is 1.24 bits per heavy atom. The molecule has 0 saturated heterocycles. The number of allylic oxidation sites excluding steroid dienone is 3. The van der Waals surface area contributed by atoms with Crippen molar-refractivity contribution in [2.24, 2.45) is 34.5 Å². The molecular formula is C21H30O4. The van der Waals surface area contributed by atoms with Gasteiger partial charge in [-0.2, -0.15) is 0 Å². The van der Waals surface area contributed by atoms with Gasteiger partial charge in [-0.05, 0) is 72.8 Å². The van der Waals surface area contributed by atoms with E-state index in [1.54, 1.807) is 0 Å². The number of aliphatic hydroxyl groups is 2. The molecule has 0 heterocycles. The molecule has 3 fully saturated rings. The van der Waals surface area contributed by atoms with Crippen LogP contribution in [0.5, 0.6) is 0 Å². The lowest BCUT2D eigenvalue weighted by Crippen LogP contribution is -2.57. The van der Waals surface area contributed by atoms with E-state index >= 15 is 0 Å². The van der Waals surface area contributed by atoms with Gasteiger partial charge in [-0.15, -0.1) is 0 Å². The van der Waals surface area contributed by atoms with Crippen molar-refractivity contribution in [1.29, 1.82) is 0 Å². The lowest BCUT2D eigenvalue weighted by atomic mass is 9.46.